The number of aliphatic hydroxyl groups excluding tert-OH is 1. The lowest BCUT2D eigenvalue weighted by molar-refractivity contribution is 0.168. The average molecular weight is 252 g/mol. The van der Waals surface area contributed by atoms with Gasteiger partial charge in [-0.1, -0.05) is 23.7 Å². The van der Waals surface area contributed by atoms with Gasteiger partial charge in [-0.25, -0.2) is 4.39 Å². The molecule has 2 aromatic rings. The molecule has 0 saturated heterocycles. The number of nitrogens with zero attached hydrogens (tertiary/aromatic N) is 1. The van der Waals surface area contributed by atoms with Crippen LogP contribution < -0.4 is 0 Å². The van der Waals surface area contributed by atoms with Gasteiger partial charge in [-0.05, 0) is 29.8 Å². The Kier molecular flexibility index (Phi) is 3.71. The first-order valence-corrected chi connectivity index (χ1v) is 5.57. The topological polar surface area (TPSA) is 33.1 Å². The van der Waals surface area contributed by atoms with Crippen LogP contribution in [0, 0.1) is 5.82 Å². The van der Waals surface area contributed by atoms with E-state index in [0.717, 1.165) is 5.56 Å². The van der Waals surface area contributed by atoms with Gasteiger partial charge in [-0.2, -0.15) is 0 Å². The van der Waals surface area contributed by atoms with Crippen LogP contribution in [0.25, 0.3) is 0 Å². The Morgan fingerprint density at radius 2 is 1.94 bits per heavy atom. The van der Waals surface area contributed by atoms with Crippen molar-refractivity contribution in [1.29, 1.82) is 0 Å². The number of pyridine rings is 1. The van der Waals surface area contributed by atoms with Gasteiger partial charge >= 0.3 is 0 Å². The molecule has 0 spiro atoms. The lowest BCUT2D eigenvalue weighted by Gasteiger charge is -2.10. The SMILES string of the molecule is OC(Cc1ccc(Cl)cc1)c1ncccc1F. The lowest BCUT2D eigenvalue weighted by atomic mass is 10.1. The molecule has 0 aliphatic heterocycles. The number of halogens is 2. The highest BCUT2D eigenvalue weighted by molar-refractivity contribution is 6.30. The molecule has 1 aromatic carbocycles. The van der Waals surface area contributed by atoms with Crippen molar-refractivity contribution in [2.24, 2.45) is 0 Å². The predicted molar refractivity (Wildman–Crippen MR) is 64.3 cm³/mol. The zero-order valence-electron chi connectivity index (χ0n) is 8.98. The molecule has 0 fully saturated rings. The molecule has 17 heavy (non-hydrogen) atoms. The predicted octanol–water partition coefficient (Wildman–Crippen LogP) is 3.15. The van der Waals surface area contributed by atoms with Gasteiger partial charge in [0.25, 0.3) is 0 Å². The highest BCUT2D eigenvalue weighted by atomic mass is 35.5. The summed E-state index contributed by atoms with van der Waals surface area (Å²) in [6.07, 6.45) is 0.826. The fourth-order valence-corrected chi connectivity index (χ4v) is 1.71. The van der Waals surface area contributed by atoms with Gasteiger partial charge in [0.05, 0.1) is 0 Å². The van der Waals surface area contributed by atoms with Crippen LogP contribution in [0.4, 0.5) is 4.39 Å². The van der Waals surface area contributed by atoms with Crippen LogP contribution >= 0.6 is 11.6 Å². The molecule has 0 aliphatic rings. The van der Waals surface area contributed by atoms with E-state index in [1.807, 2.05) is 0 Å². The molecule has 2 nitrogen and oxygen atoms in total. The van der Waals surface area contributed by atoms with Crippen molar-refractivity contribution in [1.82, 2.24) is 4.98 Å². The molecule has 1 N–H and O–H groups in total. The summed E-state index contributed by atoms with van der Waals surface area (Å²) >= 11 is 5.76. The maximum absolute atomic E-state index is 13.4. The minimum atomic E-state index is -0.947. The molecule has 0 amide bonds. The molecule has 1 unspecified atom stereocenters. The molecule has 0 saturated carbocycles. The molecule has 0 radical (unpaired) electrons. The van der Waals surface area contributed by atoms with E-state index in [4.69, 9.17) is 11.6 Å². The van der Waals surface area contributed by atoms with Gasteiger partial charge in [-0.15, -0.1) is 0 Å². The Hall–Kier alpha value is -1.45. The number of hydrogen-bond donors (Lipinski definition) is 1. The van der Waals surface area contributed by atoms with E-state index < -0.39 is 11.9 Å². The summed E-state index contributed by atoms with van der Waals surface area (Å²) in [7, 11) is 0. The van der Waals surface area contributed by atoms with Crippen LogP contribution in [0.3, 0.4) is 0 Å². The van der Waals surface area contributed by atoms with Crippen molar-refractivity contribution in [3.8, 4) is 0 Å². The van der Waals surface area contributed by atoms with Crippen LogP contribution in [0.15, 0.2) is 42.6 Å². The lowest BCUT2D eigenvalue weighted by Crippen LogP contribution is -2.06. The van der Waals surface area contributed by atoms with Gasteiger partial charge in [0.2, 0.25) is 0 Å². The van der Waals surface area contributed by atoms with Crippen molar-refractivity contribution in [3.05, 3.63) is 64.7 Å². The fourth-order valence-electron chi connectivity index (χ4n) is 1.58. The number of aliphatic hydroxyl groups is 1. The molecule has 0 aliphatic carbocycles. The van der Waals surface area contributed by atoms with Crippen LogP contribution in [-0.4, -0.2) is 10.1 Å². The van der Waals surface area contributed by atoms with Crippen molar-refractivity contribution < 1.29 is 9.50 Å². The Morgan fingerprint density at radius 1 is 1.24 bits per heavy atom. The van der Waals surface area contributed by atoms with Crippen LogP contribution in [0.1, 0.15) is 17.4 Å². The van der Waals surface area contributed by atoms with Crippen LogP contribution in [0.2, 0.25) is 5.02 Å². The van der Waals surface area contributed by atoms with E-state index in [-0.39, 0.29) is 5.69 Å². The Balaban J connectivity index is 2.14. The number of rotatable bonds is 3. The molecule has 88 valence electrons. The monoisotopic (exact) mass is 251 g/mol. The smallest absolute Gasteiger partial charge is 0.147 e. The Morgan fingerprint density at radius 3 is 2.59 bits per heavy atom. The standard InChI is InChI=1S/C13H11ClFNO/c14-10-5-3-9(4-6-10)8-12(17)13-11(15)2-1-7-16-13/h1-7,12,17H,8H2. The summed E-state index contributed by atoms with van der Waals surface area (Å²) in [4.78, 5) is 3.84. The zero-order valence-corrected chi connectivity index (χ0v) is 9.73. The van der Waals surface area contributed by atoms with Crippen molar-refractivity contribution in [2.45, 2.75) is 12.5 Å². The molecule has 1 aromatic heterocycles. The van der Waals surface area contributed by atoms with E-state index >= 15 is 0 Å². The van der Waals surface area contributed by atoms with E-state index in [0.29, 0.717) is 11.4 Å². The van der Waals surface area contributed by atoms with Gasteiger partial charge in [0.1, 0.15) is 17.6 Å². The normalized spacial score (nSPS) is 12.4. The van der Waals surface area contributed by atoms with Gasteiger partial charge < -0.3 is 5.11 Å². The third-order valence-electron chi connectivity index (χ3n) is 2.44. The van der Waals surface area contributed by atoms with Crippen molar-refractivity contribution in [2.75, 3.05) is 0 Å². The first kappa shape index (κ1) is 12.0. The van der Waals surface area contributed by atoms with Crippen LogP contribution in [0.5, 0.6) is 0 Å². The second-order valence-electron chi connectivity index (χ2n) is 3.72. The van der Waals surface area contributed by atoms with E-state index in [1.165, 1.54) is 18.3 Å². The summed E-state index contributed by atoms with van der Waals surface area (Å²) in [6, 6.07) is 9.84. The summed E-state index contributed by atoms with van der Waals surface area (Å²) < 4.78 is 13.4. The molecule has 1 heterocycles. The Labute approximate surface area is 104 Å². The highest BCUT2D eigenvalue weighted by Gasteiger charge is 2.14. The molecular formula is C13H11ClFNO. The average Bonchev–Trinajstić information content (AvgIpc) is 2.32. The quantitative estimate of drug-likeness (QED) is 0.909. The fraction of sp³-hybridized carbons (Fsp3) is 0.154. The van der Waals surface area contributed by atoms with Crippen molar-refractivity contribution in [3.63, 3.8) is 0 Å². The first-order valence-electron chi connectivity index (χ1n) is 5.20. The van der Waals surface area contributed by atoms with Gasteiger partial charge in [0.15, 0.2) is 0 Å². The van der Waals surface area contributed by atoms with Crippen molar-refractivity contribution >= 4 is 11.6 Å². The van der Waals surface area contributed by atoms with Gasteiger partial charge in [-0.3, -0.25) is 4.98 Å². The number of hydrogen-bond acceptors (Lipinski definition) is 2. The minimum absolute atomic E-state index is 0.0717. The summed E-state index contributed by atoms with van der Waals surface area (Å²) in [5, 5.41) is 10.5. The number of aromatic nitrogens is 1. The summed E-state index contributed by atoms with van der Waals surface area (Å²) in [6.45, 7) is 0. The summed E-state index contributed by atoms with van der Waals surface area (Å²) in [5.74, 6) is -0.492. The number of benzene rings is 1. The zero-order chi connectivity index (χ0) is 12.3. The summed E-state index contributed by atoms with van der Waals surface area (Å²) in [5.41, 5.74) is 0.953. The second-order valence-corrected chi connectivity index (χ2v) is 4.15. The third kappa shape index (κ3) is 3.02. The van der Waals surface area contributed by atoms with E-state index in [9.17, 15) is 9.50 Å². The highest BCUT2D eigenvalue weighted by Crippen LogP contribution is 2.19. The minimum Gasteiger partial charge on any atom is -0.386 e. The maximum atomic E-state index is 13.4. The largest absolute Gasteiger partial charge is 0.386 e. The van der Waals surface area contributed by atoms with Gasteiger partial charge in [0, 0.05) is 17.6 Å². The van der Waals surface area contributed by atoms with E-state index in [2.05, 4.69) is 4.98 Å². The van der Waals surface area contributed by atoms with E-state index in [1.54, 1.807) is 24.3 Å². The maximum Gasteiger partial charge on any atom is 0.147 e. The second kappa shape index (κ2) is 5.25. The molecular weight excluding hydrogens is 241 g/mol. The Bertz CT molecular complexity index is 501. The first-order chi connectivity index (χ1) is 8.16. The molecule has 4 heteroatoms. The molecule has 0 bridgehead atoms. The van der Waals surface area contributed by atoms with Crippen LogP contribution in [-0.2, 0) is 6.42 Å². The molecule has 2 rings (SSSR count). The molecule has 1 atom stereocenters. The third-order valence-corrected chi connectivity index (χ3v) is 2.70.